The number of hydrogen-bond acceptors (Lipinski definition) is 2. The van der Waals surface area contributed by atoms with Crippen molar-refractivity contribution in [3.05, 3.63) is 36.2 Å². The smallest absolute Gasteiger partial charge is 0.139 e. The van der Waals surface area contributed by atoms with Crippen LogP contribution in [0.3, 0.4) is 0 Å². The standard InChI is InChI=1S/C12H14N2O/c1-9-8-14(2)12(13-9)10-4-6-11(15-3)7-5-10/h4-8H,1-3H3. The molecule has 3 nitrogen and oxygen atoms in total. The lowest BCUT2D eigenvalue weighted by Crippen LogP contribution is -1.91. The second-order valence-corrected chi connectivity index (χ2v) is 3.55. The Bertz CT molecular complexity index is 457. The third-order valence-corrected chi connectivity index (χ3v) is 2.35. The highest BCUT2D eigenvalue weighted by atomic mass is 16.5. The van der Waals surface area contributed by atoms with Crippen LogP contribution in [-0.2, 0) is 7.05 Å². The molecule has 15 heavy (non-hydrogen) atoms. The molecule has 0 saturated carbocycles. The van der Waals surface area contributed by atoms with E-state index in [-0.39, 0.29) is 0 Å². The number of rotatable bonds is 2. The number of hydrogen-bond donors (Lipinski definition) is 0. The molecule has 0 aliphatic carbocycles. The van der Waals surface area contributed by atoms with E-state index in [2.05, 4.69) is 4.98 Å². The summed E-state index contributed by atoms with van der Waals surface area (Å²) in [4.78, 5) is 4.46. The summed E-state index contributed by atoms with van der Waals surface area (Å²) < 4.78 is 7.14. The zero-order valence-corrected chi connectivity index (χ0v) is 9.19. The van der Waals surface area contributed by atoms with Crippen LogP contribution < -0.4 is 4.74 Å². The number of imidazole rings is 1. The Morgan fingerprint density at radius 2 is 1.87 bits per heavy atom. The molecule has 0 N–H and O–H groups in total. The van der Waals surface area contributed by atoms with Crippen molar-refractivity contribution in [2.75, 3.05) is 7.11 Å². The van der Waals surface area contributed by atoms with Crippen molar-refractivity contribution < 1.29 is 4.74 Å². The van der Waals surface area contributed by atoms with Gasteiger partial charge in [0.1, 0.15) is 11.6 Å². The van der Waals surface area contributed by atoms with Crippen molar-refractivity contribution in [3.8, 4) is 17.1 Å². The number of benzene rings is 1. The maximum atomic E-state index is 5.11. The molecule has 0 radical (unpaired) electrons. The molecule has 0 amide bonds. The monoisotopic (exact) mass is 202 g/mol. The molecule has 3 heteroatoms. The number of aryl methyl sites for hydroxylation is 2. The van der Waals surface area contributed by atoms with Gasteiger partial charge in [0.25, 0.3) is 0 Å². The van der Waals surface area contributed by atoms with Crippen molar-refractivity contribution in [1.82, 2.24) is 9.55 Å². The van der Waals surface area contributed by atoms with Gasteiger partial charge in [-0.3, -0.25) is 0 Å². The van der Waals surface area contributed by atoms with Gasteiger partial charge in [-0.1, -0.05) is 0 Å². The zero-order chi connectivity index (χ0) is 10.8. The van der Waals surface area contributed by atoms with E-state index in [1.807, 2.05) is 49.0 Å². The fourth-order valence-corrected chi connectivity index (χ4v) is 1.62. The highest BCUT2D eigenvalue weighted by molar-refractivity contribution is 5.57. The average Bonchev–Trinajstić information content (AvgIpc) is 2.58. The Hall–Kier alpha value is -1.77. The summed E-state index contributed by atoms with van der Waals surface area (Å²) >= 11 is 0. The highest BCUT2D eigenvalue weighted by Crippen LogP contribution is 2.20. The summed E-state index contributed by atoms with van der Waals surface area (Å²) in [5.74, 6) is 1.85. The fourth-order valence-electron chi connectivity index (χ4n) is 1.62. The van der Waals surface area contributed by atoms with Crippen molar-refractivity contribution in [2.24, 2.45) is 7.05 Å². The Morgan fingerprint density at radius 1 is 1.20 bits per heavy atom. The second-order valence-electron chi connectivity index (χ2n) is 3.55. The average molecular weight is 202 g/mol. The molecule has 0 fully saturated rings. The molecule has 0 unspecified atom stereocenters. The Kier molecular flexibility index (Phi) is 2.46. The maximum absolute atomic E-state index is 5.11. The normalized spacial score (nSPS) is 10.3. The van der Waals surface area contributed by atoms with Crippen molar-refractivity contribution in [3.63, 3.8) is 0 Å². The van der Waals surface area contributed by atoms with Gasteiger partial charge in [-0.05, 0) is 31.2 Å². The van der Waals surface area contributed by atoms with E-state index in [1.54, 1.807) is 7.11 Å². The van der Waals surface area contributed by atoms with Gasteiger partial charge < -0.3 is 9.30 Å². The topological polar surface area (TPSA) is 27.1 Å². The molecule has 0 bridgehead atoms. The van der Waals surface area contributed by atoms with Gasteiger partial charge in [0, 0.05) is 18.8 Å². The van der Waals surface area contributed by atoms with Crippen molar-refractivity contribution >= 4 is 0 Å². The van der Waals surface area contributed by atoms with Crippen LogP contribution in [0, 0.1) is 6.92 Å². The lowest BCUT2D eigenvalue weighted by molar-refractivity contribution is 0.415. The molecule has 78 valence electrons. The third-order valence-electron chi connectivity index (χ3n) is 2.35. The summed E-state index contributed by atoms with van der Waals surface area (Å²) in [6.07, 6.45) is 2.01. The Morgan fingerprint density at radius 3 is 2.33 bits per heavy atom. The summed E-state index contributed by atoms with van der Waals surface area (Å²) in [6, 6.07) is 7.92. The molecule has 0 saturated heterocycles. The van der Waals surface area contributed by atoms with Gasteiger partial charge >= 0.3 is 0 Å². The first-order chi connectivity index (χ1) is 7.20. The van der Waals surface area contributed by atoms with Crippen molar-refractivity contribution in [1.29, 1.82) is 0 Å². The van der Waals surface area contributed by atoms with E-state index in [1.165, 1.54) is 0 Å². The lowest BCUT2D eigenvalue weighted by Gasteiger charge is -2.03. The molecule has 2 aromatic rings. The van der Waals surface area contributed by atoms with Gasteiger partial charge in [-0.25, -0.2) is 4.98 Å². The highest BCUT2D eigenvalue weighted by Gasteiger charge is 2.04. The molecule has 2 rings (SSSR count). The molecule has 1 aromatic heterocycles. The van der Waals surface area contributed by atoms with E-state index in [0.29, 0.717) is 0 Å². The third kappa shape index (κ3) is 1.86. The van der Waals surface area contributed by atoms with E-state index in [9.17, 15) is 0 Å². The molecular weight excluding hydrogens is 188 g/mol. The van der Waals surface area contributed by atoms with Crippen LogP contribution in [0.1, 0.15) is 5.69 Å². The maximum Gasteiger partial charge on any atom is 0.139 e. The van der Waals surface area contributed by atoms with E-state index >= 15 is 0 Å². The predicted octanol–water partition coefficient (Wildman–Crippen LogP) is 2.40. The van der Waals surface area contributed by atoms with Crippen LogP contribution in [0.2, 0.25) is 0 Å². The number of nitrogens with zero attached hydrogens (tertiary/aromatic N) is 2. The van der Waals surface area contributed by atoms with Gasteiger partial charge in [-0.15, -0.1) is 0 Å². The van der Waals surface area contributed by atoms with Crippen LogP contribution in [0.15, 0.2) is 30.5 Å². The van der Waals surface area contributed by atoms with E-state index in [4.69, 9.17) is 4.74 Å². The molecule has 0 spiro atoms. The van der Waals surface area contributed by atoms with Gasteiger partial charge in [0.2, 0.25) is 0 Å². The zero-order valence-electron chi connectivity index (χ0n) is 9.19. The molecule has 0 atom stereocenters. The molecule has 0 aliphatic rings. The summed E-state index contributed by atoms with van der Waals surface area (Å²) in [5, 5.41) is 0. The quantitative estimate of drug-likeness (QED) is 0.747. The van der Waals surface area contributed by atoms with Crippen LogP contribution in [0.5, 0.6) is 5.75 Å². The first-order valence-corrected chi connectivity index (χ1v) is 4.85. The first kappa shape index (κ1) is 9.77. The molecular formula is C12H14N2O. The van der Waals surface area contributed by atoms with Crippen LogP contribution >= 0.6 is 0 Å². The summed E-state index contributed by atoms with van der Waals surface area (Å²) in [5.41, 5.74) is 2.13. The van der Waals surface area contributed by atoms with E-state index in [0.717, 1.165) is 22.8 Å². The summed E-state index contributed by atoms with van der Waals surface area (Å²) in [6.45, 7) is 1.99. The number of aromatic nitrogens is 2. The first-order valence-electron chi connectivity index (χ1n) is 4.85. The number of methoxy groups -OCH3 is 1. The van der Waals surface area contributed by atoms with Crippen molar-refractivity contribution in [2.45, 2.75) is 6.92 Å². The fraction of sp³-hybridized carbons (Fsp3) is 0.250. The molecule has 1 heterocycles. The van der Waals surface area contributed by atoms with Gasteiger partial charge in [0.05, 0.1) is 12.8 Å². The predicted molar refractivity (Wildman–Crippen MR) is 59.9 cm³/mol. The molecule has 0 aliphatic heterocycles. The minimum Gasteiger partial charge on any atom is -0.497 e. The van der Waals surface area contributed by atoms with E-state index < -0.39 is 0 Å². The summed E-state index contributed by atoms with van der Waals surface area (Å²) in [7, 11) is 3.67. The Balaban J connectivity index is 2.41. The Labute approximate surface area is 89.3 Å². The SMILES string of the molecule is COc1ccc(-c2nc(C)cn2C)cc1. The van der Waals surface area contributed by atoms with Gasteiger partial charge in [0.15, 0.2) is 0 Å². The number of ether oxygens (including phenoxy) is 1. The molecule has 1 aromatic carbocycles. The minimum atomic E-state index is 0.865. The van der Waals surface area contributed by atoms with Crippen LogP contribution in [-0.4, -0.2) is 16.7 Å². The van der Waals surface area contributed by atoms with Crippen LogP contribution in [0.4, 0.5) is 0 Å². The lowest BCUT2D eigenvalue weighted by atomic mass is 10.2. The van der Waals surface area contributed by atoms with Crippen LogP contribution in [0.25, 0.3) is 11.4 Å². The largest absolute Gasteiger partial charge is 0.497 e. The second kappa shape index (κ2) is 3.77. The minimum absolute atomic E-state index is 0.865. The van der Waals surface area contributed by atoms with Gasteiger partial charge in [-0.2, -0.15) is 0 Å².